The molecule has 0 unspecified atom stereocenters. The molecular formula is C21H25N3O2S2. The van der Waals surface area contributed by atoms with E-state index >= 15 is 0 Å². The van der Waals surface area contributed by atoms with Crippen molar-refractivity contribution in [2.75, 3.05) is 42.2 Å². The molecule has 0 radical (unpaired) electrons. The van der Waals surface area contributed by atoms with Crippen LogP contribution in [-0.2, 0) is 11.2 Å². The summed E-state index contributed by atoms with van der Waals surface area (Å²) in [5, 5.41) is 5.68. The summed E-state index contributed by atoms with van der Waals surface area (Å²) in [5.41, 5.74) is 1.69. The maximum absolute atomic E-state index is 12.3. The van der Waals surface area contributed by atoms with Gasteiger partial charge >= 0.3 is 6.03 Å². The van der Waals surface area contributed by atoms with E-state index in [1.165, 1.54) is 4.90 Å². The highest BCUT2D eigenvalue weighted by atomic mass is 32.2. The molecule has 0 atom stereocenters. The van der Waals surface area contributed by atoms with Crippen molar-refractivity contribution < 1.29 is 9.59 Å². The quantitative estimate of drug-likeness (QED) is 0.534. The molecule has 3 rings (SSSR count). The van der Waals surface area contributed by atoms with Gasteiger partial charge in [-0.2, -0.15) is 11.8 Å². The van der Waals surface area contributed by atoms with Gasteiger partial charge in [0.25, 0.3) is 0 Å². The van der Waals surface area contributed by atoms with Crippen molar-refractivity contribution in [2.45, 2.75) is 11.3 Å². The fourth-order valence-electron chi connectivity index (χ4n) is 2.83. The average Bonchev–Trinajstić information content (AvgIpc) is 2.74. The summed E-state index contributed by atoms with van der Waals surface area (Å²) in [6.45, 7) is 2.27. The van der Waals surface area contributed by atoms with E-state index in [1.54, 1.807) is 11.8 Å². The molecule has 2 aromatic carbocycles. The van der Waals surface area contributed by atoms with Crippen LogP contribution in [0.5, 0.6) is 0 Å². The van der Waals surface area contributed by atoms with Crippen LogP contribution in [0.2, 0.25) is 0 Å². The maximum Gasteiger partial charge on any atom is 0.319 e. The number of hydrogen-bond acceptors (Lipinski definition) is 4. The number of nitrogens with zero attached hydrogens (tertiary/aromatic N) is 1. The number of rotatable bonds is 7. The van der Waals surface area contributed by atoms with Crippen molar-refractivity contribution in [3.8, 4) is 0 Å². The average molecular weight is 416 g/mol. The van der Waals surface area contributed by atoms with Gasteiger partial charge in [-0.05, 0) is 29.8 Å². The molecular weight excluding hydrogens is 390 g/mol. The summed E-state index contributed by atoms with van der Waals surface area (Å²) in [6, 6.07) is 17.4. The molecule has 1 aliphatic rings. The SMILES string of the molecule is O=C(NCCSc1ccccc1)Nc1ccc(CC(=O)N2CCSCC2)cc1. The van der Waals surface area contributed by atoms with E-state index in [-0.39, 0.29) is 11.9 Å². The van der Waals surface area contributed by atoms with Crippen molar-refractivity contribution in [1.29, 1.82) is 0 Å². The lowest BCUT2D eigenvalue weighted by Gasteiger charge is -2.26. The fraction of sp³-hybridized carbons (Fsp3) is 0.333. The summed E-state index contributed by atoms with van der Waals surface area (Å²) in [7, 11) is 0. The first-order chi connectivity index (χ1) is 13.7. The zero-order valence-electron chi connectivity index (χ0n) is 15.7. The Kier molecular flexibility index (Phi) is 8.11. The van der Waals surface area contributed by atoms with Gasteiger partial charge in [-0.25, -0.2) is 4.79 Å². The number of hydrogen-bond donors (Lipinski definition) is 2. The molecule has 0 aliphatic carbocycles. The Morgan fingerprint density at radius 2 is 1.71 bits per heavy atom. The predicted octanol–water partition coefficient (Wildman–Crippen LogP) is 3.72. The Bertz CT molecular complexity index is 763. The second kappa shape index (κ2) is 11.0. The van der Waals surface area contributed by atoms with E-state index in [2.05, 4.69) is 22.8 Å². The molecule has 0 saturated carbocycles. The van der Waals surface area contributed by atoms with Gasteiger partial charge in [0.2, 0.25) is 5.91 Å². The number of benzene rings is 2. The molecule has 1 heterocycles. The third-order valence-corrected chi connectivity index (χ3v) is 6.29. The Morgan fingerprint density at radius 1 is 1.00 bits per heavy atom. The van der Waals surface area contributed by atoms with Gasteiger partial charge in [0.05, 0.1) is 6.42 Å². The lowest BCUT2D eigenvalue weighted by Crippen LogP contribution is -2.38. The number of nitrogens with one attached hydrogen (secondary N) is 2. The van der Waals surface area contributed by atoms with Gasteiger partial charge < -0.3 is 15.5 Å². The van der Waals surface area contributed by atoms with Gasteiger partial charge in [0.1, 0.15) is 0 Å². The summed E-state index contributed by atoms with van der Waals surface area (Å²) < 4.78 is 0. The highest BCUT2D eigenvalue weighted by molar-refractivity contribution is 7.99. The molecule has 148 valence electrons. The Morgan fingerprint density at radius 3 is 2.43 bits per heavy atom. The first-order valence-electron chi connectivity index (χ1n) is 9.38. The van der Waals surface area contributed by atoms with Crippen molar-refractivity contribution in [3.05, 3.63) is 60.2 Å². The molecule has 2 N–H and O–H groups in total. The molecule has 0 aromatic heterocycles. The molecule has 1 fully saturated rings. The number of thioether (sulfide) groups is 2. The summed E-state index contributed by atoms with van der Waals surface area (Å²) in [6.07, 6.45) is 0.411. The van der Waals surface area contributed by atoms with E-state index in [4.69, 9.17) is 0 Å². The predicted molar refractivity (Wildman–Crippen MR) is 118 cm³/mol. The van der Waals surface area contributed by atoms with Crippen LogP contribution in [0.4, 0.5) is 10.5 Å². The minimum absolute atomic E-state index is 0.176. The van der Waals surface area contributed by atoms with Crippen LogP contribution in [0.15, 0.2) is 59.5 Å². The minimum atomic E-state index is -0.219. The summed E-state index contributed by atoms with van der Waals surface area (Å²) in [4.78, 5) is 27.4. The molecule has 7 heteroatoms. The van der Waals surface area contributed by atoms with E-state index in [1.807, 2.05) is 59.1 Å². The molecule has 2 aromatic rings. The third-order valence-electron chi connectivity index (χ3n) is 4.33. The van der Waals surface area contributed by atoms with E-state index in [0.29, 0.717) is 13.0 Å². The first-order valence-corrected chi connectivity index (χ1v) is 11.5. The van der Waals surface area contributed by atoms with Crippen LogP contribution in [0, 0.1) is 0 Å². The Labute approximate surface area is 174 Å². The smallest absolute Gasteiger partial charge is 0.319 e. The first kappa shape index (κ1) is 20.6. The van der Waals surface area contributed by atoms with Crippen LogP contribution >= 0.6 is 23.5 Å². The monoisotopic (exact) mass is 415 g/mol. The zero-order chi connectivity index (χ0) is 19.6. The Hall–Kier alpha value is -2.12. The van der Waals surface area contributed by atoms with E-state index < -0.39 is 0 Å². The maximum atomic E-state index is 12.3. The molecule has 1 aliphatic heterocycles. The lowest BCUT2D eigenvalue weighted by molar-refractivity contribution is -0.130. The van der Waals surface area contributed by atoms with Crippen molar-refractivity contribution in [1.82, 2.24) is 10.2 Å². The van der Waals surface area contributed by atoms with Gasteiger partial charge in [0, 0.05) is 47.5 Å². The molecule has 0 bridgehead atoms. The summed E-state index contributed by atoms with van der Waals surface area (Å²) >= 11 is 3.60. The number of urea groups is 1. The number of anilines is 1. The Balaban J connectivity index is 1.37. The normalized spacial score (nSPS) is 13.8. The highest BCUT2D eigenvalue weighted by Gasteiger charge is 2.16. The van der Waals surface area contributed by atoms with E-state index in [0.717, 1.165) is 41.6 Å². The minimum Gasteiger partial charge on any atom is -0.341 e. The number of carbonyl (C=O) groups excluding carboxylic acids is 2. The second-order valence-electron chi connectivity index (χ2n) is 6.41. The van der Waals surface area contributed by atoms with Gasteiger partial charge in [-0.1, -0.05) is 30.3 Å². The van der Waals surface area contributed by atoms with Gasteiger partial charge in [-0.15, -0.1) is 11.8 Å². The van der Waals surface area contributed by atoms with Crippen LogP contribution in [0.3, 0.4) is 0 Å². The standard InChI is InChI=1S/C21H25N3O2S2/c25-20(24-11-14-27-15-12-24)16-17-6-8-18(9-7-17)23-21(26)22-10-13-28-19-4-2-1-3-5-19/h1-9H,10-16H2,(H2,22,23,26). The van der Waals surface area contributed by atoms with Crippen molar-refractivity contribution in [2.24, 2.45) is 0 Å². The van der Waals surface area contributed by atoms with Crippen LogP contribution in [0.1, 0.15) is 5.56 Å². The molecule has 0 spiro atoms. The summed E-state index contributed by atoms with van der Waals surface area (Å²) in [5.74, 6) is 3.03. The third kappa shape index (κ3) is 6.80. The molecule has 1 saturated heterocycles. The molecule has 28 heavy (non-hydrogen) atoms. The van der Waals surface area contributed by atoms with Crippen LogP contribution in [0.25, 0.3) is 0 Å². The van der Waals surface area contributed by atoms with Crippen molar-refractivity contribution in [3.63, 3.8) is 0 Å². The van der Waals surface area contributed by atoms with Crippen LogP contribution in [-0.4, -0.2) is 53.7 Å². The second-order valence-corrected chi connectivity index (χ2v) is 8.80. The molecule has 3 amide bonds. The van der Waals surface area contributed by atoms with Crippen LogP contribution < -0.4 is 10.6 Å². The topological polar surface area (TPSA) is 61.4 Å². The highest BCUT2D eigenvalue weighted by Crippen LogP contribution is 2.16. The number of amides is 3. The fourth-order valence-corrected chi connectivity index (χ4v) is 4.52. The van der Waals surface area contributed by atoms with Gasteiger partial charge in [0.15, 0.2) is 0 Å². The molecule has 5 nitrogen and oxygen atoms in total. The lowest BCUT2D eigenvalue weighted by atomic mass is 10.1. The van der Waals surface area contributed by atoms with E-state index in [9.17, 15) is 9.59 Å². The van der Waals surface area contributed by atoms with Gasteiger partial charge in [-0.3, -0.25) is 4.79 Å². The number of carbonyl (C=O) groups is 2. The zero-order valence-corrected chi connectivity index (χ0v) is 17.4. The van der Waals surface area contributed by atoms with Crippen molar-refractivity contribution >= 4 is 41.1 Å². The largest absolute Gasteiger partial charge is 0.341 e.